The third-order valence-electron chi connectivity index (χ3n) is 5.23. The second-order valence-corrected chi connectivity index (χ2v) is 6.83. The molecule has 0 bridgehead atoms. The smallest absolute Gasteiger partial charge is 0.148 e. The zero-order chi connectivity index (χ0) is 18.8. The molecule has 1 aliphatic heterocycles. The molecular formula is C22H25N3O2. The molecule has 1 fully saturated rings. The Kier molecular flexibility index (Phi) is 4.75. The molecule has 0 radical (unpaired) electrons. The van der Waals surface area contributed by atoms with Crippen molar-refractivity contribution in [1.82, 2.24) is 4.98 Å². The number of nitrogens with zero attached hydrogens (tertiary/aromatic N) is 3. The quantitative estimate of drug-likeness (QED) is 0.703. The summed E-state index contributed by atoms with van der Waals surface area (Å²) < 4.78 is 11.0. The first-order valence-corrected chi connectivity index (χ1v) is 9.28. The minimum absolute atomic E-state index is 0.747. The van der Waals surface area contributed by atoms with Crippen molar-refractivity contribution in [2.24, 2.45) is 0 Å². The average molecular weight is 363 g/mol. The van der Waals surface area contributed by atoms with Crippen molar-refractivity contribution in [3.05, 3.63) is 54.1 Å². The van der Waals surface area contributed by atoms with Crippen LogP contribution in [0.4, 0.5) is 11.5 Å². The van der Waals surface area contributed by atoms with E-state index in [1.165, 1.54) is 11.3 Å². The Morgan fingerprint density at radius 2 is 1.56 bits per heavy atom. The molecule has 1 aliphatic rings. The third-order valence-corrected chi connectivity index (χ3v) is 5.23. The van der Waals surface area contributed by atoms with E-state index in [1.807, 2.05) is 12.1 Å². The van der Waals surface area contributed by atoms with Gasteiger partial charge in [-0.3, -0.25) is 0 Å². The van der Waals surface area contributed by atoms with Crippen LogP contribution in [0.25, 0.3) is 10.9 Å². The van der Waals surface area contributed by atoms with Crippen molar-refractivity contribution < 1.29 is 9.47 Å². The highest BCUT2D eigenvalue weighted by Gasteiger charge is 2.20. The number of para-hydroxylation sites is 1. The summed E-state index contributed by atoms with van der Waals surface area (Å²) in [6, 6.07) is 16.7. The van der Waals surface area contributed by atoms with Crippen molar-refractivity contribution in [1.29, 1.82) is 0 Å². The lowest BCUT2D eigenvalue weighted by molar-refractivity contribution is 0.397. The van der Waals surface area contributed by atoms with Gasteiger partial charge < -0.3 is 19.3 Å². The van der Waals surface area contributed by atoms with Crippen molar-refractivity contribution >= 4 is 22.4 Å². The Morgan fingerprint density at radius 1 is 0.852 bits per heavy atom. The molecule has 1 saturated heterocycles. The van der Waals surface area contributed by atoms with Gasteiger partial charge in [0.25, 0.3) is 0 Å². The van der Waals surface area contributed by atoms with Crippen LogP contribution in [0.1, 0.15) is 5.56 Å². The van der Waals surface area contributed by atoms with E-state index in [4.69, 9.17) is 14.5 Å². The summed E-state index contributed by atoms with van der Waals surface area (Å²) >= 11 is 0. The van der Waals surface area contributed by atoms with Gasteiger partial charge in [-0.1, -0.05) is 18.2 Å². The molecule has 0 unspecified atom stereocenters. The minimum Gasteiger partial charge on any atom is -0.497 e. The minimum atomic E-state index is 0.747. The van der Waals surface area contributed by atoms with Gasteiger partial charge in [0.1, 0.15) is 22.8 Å². The number of aryl methyl sites for hydroxylation is 1. The van der Waals surface area contributed by atoms with Gasteiger partial charge in [-0.25, -0.2) is 4.98 Å². The number of ether oxygens (including phenoxy) is 2. The van der Waals surface area contributed by atoms with E-state index in [9.17, 15) is 0 Å². The summed E-state index contributed by atoms with van der Waals surface area (Å²) in [6.45, 7) is 5.99. The number of hydrogen-bond acceptors (Lipinski definition) is 5. The lowest BCUT2D eigenvalue weighted by Gasteiger charge is -2.37. The fraction of sp³-hybridized carbons (Fsp3) is 0.318. The Hall–Kier alpha value is -2.95. The number of fused-ring (bicyclic) bond motifs is 1. The highest BCUT2D eigenvalue weighted by molar-refractivity contribution is 5.90. The van der Waals surface area contributed by atoms with E-state index in [0.717, 1.165) is 54.4 Å². The van der Waals surface area contributed by atoms with Gasteiger partial charge in [-0.15, -0.1) is 0 Å². The van der Waals surface area contributed by atoms with Gasteiger partial charge in [0.15, 0.2) is 0 Å². The second-order valence-electron chi connectivity index (χ2n) is 6.83. The lowest BCUT2D eigenvalue weighted by Crippen LogP contribution is -2.46. The predicted octanol–water partition coefficient (Wildman–Crippen LogP) is 3.89. The van der Waals surface area contributed by atoms with Gasteiger partial charge in [-0.05, 0) is 36.8 Å². The van der Waals surface area contributed by atoms with Crippen LogP contribution >= 0.6 is 0 Å². The maximum absolute atomic E-state index is 5.57. The molecule has 140 valence electrons. The molecule has 2 heterocycles. The molecule has 0 amide bonds. The molecule has 1 aromatic heterocycles. The normalized spacial score (nSPS) is 14.5. The van der Waals surface area contributed by atoms with Crippen molar-refractivity contribution in [2.75, 3.05) is 50.2 Å². The van der Waals surface area contributed by atoms with E-state index in [1.54, 1.807) is 14.2 Å². The highest BCUT2D eigenvalue weighted by Crippen LogP contribution is 2.34. The Balaban J connectivity index is 1.61. The summed E-state index contributed by atoms with van der Waals surface area (Å²) in [4.78, 5) is 9.71. The number of rotatable bonds is 4. The maximum atomic E-state index is 5.57. The highest BCUT2D eigenvalue weighted by atomic mass is 16.5. The molecule has 0 aliphatic carbocycles. The Labute approximate surface area is 160 Å². The van der Waals surface area contributed by atoms with Gasteiger partial charge in [-0.2, -0.15) is 0 Å². The molecule has 0 spiro atoms. The lowest BCUT2D eigenvalue weighted by atomic mass is 10.1. The molecule has 2 aromatic carbocycles. The van der Waals surface area contributed by atoms with Crippen LogP contribution in [0.15, 0.2) is 48.5 Å². The van der Waals surface area contributed by atoms with Crippen LogP contribution < -0.4 is 19.3 Å². The van der Waals surface area contributed by atoms with Crippen molar-refractivity contribution in [3.63, 3.8) is 0 Å². The number of benzene rings is 2. The molecule has 5 heteroatoms. The zero-order valence-electron chi connectivity index (χ0n) is 16.1. The Bertz CT molecular complexity index is 935. The first kappa shape index (κ1) is 17.5. The van der Waals surface area contributed by atoms with Crippen LogP contribution in [0.3, 0.4) is 0 Å². The SMILES string of the molecule is COc1cc(OC)c2nc(N3CCN(c4ccccc4)CC3)cc(C)c2c1. The van der Waals surface area contributed by atoms with Crippen molar-refractivity contribution in [2.45, 2.75) is 6.92 Å². The van der Waals surface area contributed by atoms with E-state index in [-0.39, 0.29) is 0 Å². The third kappa shape index (κ3) is 3.37. The van der Waals surface area contributed by atoms with Gasteiger partial charge in [0.05, 0.1) is 14.2 Å². The van der Waals surface area contributed by atoms with Gasteiger partial charge >= 0.3 is 0 Å². The van der Waals surface area contributed by atoms with E-state index in [0.29, 0.717) is 0 Å². The molecule has 5 nitrogen and oxygen atoms in total. The molecule has 27 heavy (non-hydrogen) atoms. The summed E-state index contributed by atoms with van der Waals surface area (Å²) in [6.07, 6.45) is 0. The van der Waals surface area contributed by atoms with E-state index >= 15 is 0 Å². The molecule has 4 rings (SSSR count). The van der Waals surface area contributed by atoms with Crippen molar-refractivity contribution in [3.8, 4) is 11.5 Å². The Morgan fingerprint density at radius 3 is 2.22 bits per heavy atom. The fourth-order valence-corrected chi connectivity index (χ4v) is 3.68. The van der Waals surface area contributed by atoms with Crippen LogP contribution in [0.5, 0.6) is 11.5 Å². The molecule has 0 saturated carbocycles. The van der Waals surface area contributed by atoms with Gasteiger partial charge in [0.2, 0.25) is 0 Å². The standard InChI is InChI=1S/C22H25N3O2/c1-16-13-21(23-22-19(16)14-18(26-2)15-20(22)27-3)25-11-9-24(10-12-25)17-7-5-4-6-8-17/h4-8,13-15H,9-12H2,1-3H3. The summed E-state index contributed by atoms with van der Waals surface area (Å²) in [7, 11) is 3.35. The first-order chi connectivity index (χ1) is 13.2. The monoisotopic (exact) mass is 363 g/mol. The van der Waals surface area contributed by atoms with Crippen LogP contribution in [-0.4, -0.2) is 45.4 Å². The van der Waals surface area contributed by atoms with Crippen LogP contribution in [0, 0.1) is 6.92 Å². The zero-order valence-corrected chi connectivity index (χ0v) is 16.1. The summed E-state index contributed by atoms with van der Waals surface area (Å²) in [5.41, 5.74) is 3.35. The van der Waals surface area contributed by atoms with Crippen LogP contribution in [0.2, 0.25) is 0 Å². The topological polar surface area (TPSA) is 37.8 Å². The number of hydrogen-bond donors (Lipinski definition) is 0. The second kappa shape index (κ2) is 7.35. The summed E-state index contributed by atoms with van der Waals surface area (Å²) in [5.74, 6) is 2.54. The molecule has 3 aromatic rings. The van der Waals surface area contributed by atoms with Gasteiger partial charge in [0, 0.05) is 43.3 Å². The number of anilines is 2. The fourth-order valence-electron chi connectivity index (χ4n) is 3.68. The largest absolute Gasteiger partial charge is 0.497 e. The molecular weight excluding hydrogens is 338 g/mol. The summed E-state index contributed by atoms with van der Waals surface area (Å²) in [5, 5.41) is 1.07. The number of aromatic nitrogens is 1. The number of pyridine rings is 1. The molecule has 0 atom stereocenters. The van der Waals surface area contributed by atoms with Crippen LogP contribution in [-0.2, 0) is 0 Å². The average Bonchev–Trinajstić information content (AvgIpc) is 2.73. The number of methoxy groups -OCH3 is 2. The first-order valence-electron chi connectivity index (χ1n) is 9.28. The molecule has 0 N–H and O–H groups in total. The number of piperazine rings is 1. The van der Waals surface area contributed by atoms with E-state index < -0.39 is 0 Å². The maximum Gasteiger partial charge on any atom is 0.148 e. The predicted molar refractivity (Wildman–Crippen MR) is 110 cm³/mol. The van der Waals surface area contributed by atoms with E-state index in [2.05, 4.69) is 53.1 Å².